The molecule has 0 aromatic carbocycles. The van der Waals surface area contributed by atoms with E-state index >= 15 is 0 Å². The van der Waals surface area contributed by atoms with Crippen molar-refractivity contribution in [2.45, 2.75) is 27.7 Å². The Morgan fingerprint density at radius 2 is 1.22 bits per heavy atom. The Morgan fingerprint density at radius 1 is 0.889 bits per heavy atom. The Hall–Kier alpha value is 0.350. The van der Waals surface area contributed by atoms with Crippen molar-refractivity contribution in [2.75, 3.05) is 0 Å². The van der Waals surface area contributed by atoms with E-state index in [1.165, 1.54) is 0 Å². The molecular weight excluding hydrogens is 128 g/mol. The van der Waals surface area contributed by atoms with Gasteiger partial charge in [-0.05, 0) is 11.8 Å². The van der Waals surface area contributed by atoms with Gasteiger partial charge < -0.3 is 0 Å². The molecule has 0 saturated carbocycles. The third kappa shape index (κ3) is 8.35. The predicted molar refractivity (Wildman–Crippen MR) is 45.9 cm³/mol. The molecule has 0 aromatic heterocycles. The van der Waals surface area contributed by atoms with Crippen LogP contribution >= 0.6 is 11.8 Å². The van der Waals surface area contributed by atoms with E-state index in [4.69, 9.17) is 0 Å². The summed E-state index contributed by atoms with van der Waals surface area (Å²) in [5.74, 6) is 5.90. The summed E-state index contributed by atoms with van der Waals surface area (Å²) in [6.07, 6.45) is 0. The molecule has 2 radical (unpaired) electrons. The molecule has 0 unspecified atom stereocenters. The second-order valence-corrected chi connectivity index (χ2v) is 3.71. The summed E-state index contributed by atoms with van der Waals surface area (Å²) >= 11 is 1.82. The first-order valence-corrected chi connectivity index (χ1v) is 4.39. The van der Waals surface area contributed by atoms with Gasteiger partial charge in [-0.1, -0.05) is 27.7 Å². The van der Waals surface area contributed by atoms with E-state index < -0.39 is 0 Å². The van der Waals surface area contributed by atoms with Crippen LogP contribution in [0.15, 0.2) is 0 Å². The Balaban J connectivity index is 2.91. The van der Waals surface area contributed by atoms with E-state index in [2.05, 4.69) is 39.2 Å². The monoisotopic (exact) mass is 144 g/mol. The molecule has 9 heavy (non-hydrogen) atoms. The molecule has 0 spiro atoms. The van der Waals surface area contributed by atoms with Gasteiger partial charge in [-0.3, -0.25) is 0 Å². The van der Waals surface area contributed by atoms with Crippen LogP contribution in [0.4, 0.5) is 0 Å². The van der Waals surface area contributed by atoms with Crippen LogP contribution in [0.3, 0.4) is 0 Å². The number of rotatable bonds is 4. The highest BCUT2D eigenvalue weighted by molar-refractivity contribution is 8.03. The Labute approximate surface area is 63.4 Å². The standard InChI is InChI=1S/C8H16S/c1-7(2)5-9-6-8(3)4/h5-8H,1-4H3. The lowest BCUT2D eigenvalue weighted by Crippen LogP contribution is -1.86. The molecule has 0 rings (SSSR count). The van der Waals surface area contributed by atoms with Gasteiger partial charge in [-0.2, -0.15) is 11.8 Å². The van der Waals surface area contributed by atoms with Crippen molar-refractivity contribution in [1.29, 1.82) is 0 Å². The van der Waals surface area contributed by atoms with E-state index in [9.17, 15) is 0 Å². The van der Waals surface area contributed by atoms with Gasteiger partial charge in [0.1, 0.15) is 0 Å². The van der Waals surface area contributed by atoms with Crippen LogP contribution in [0.2, 0.25) is 0 Å². The van der Waals surface area contributed by atoms with Gasteiger partial charge in [0.05, 0.1) is 0 Å². The smallest absolute Gasteiger partial charge is 0.0195 e. The zero-order valence-corrected chi connectivity index (χ0v) is 7.53. The molecule has 0 nitrogen and oxygen atoms in total. The summed E-state index contributed by atoms with van der Waals surface area (Å²) in [5.41, 5.74) is 0. The van der Waals surface area contributed by atoms with Crippen molar-refractivity contribution in [2.24, 2.45) is 11.8 Å². The molecule has 54 valence electrons. The van der Waals surface area contributed by atoms with Crippen molar-refractivity contribution in [3.8, 4) is 0 Å². The number of hydrogen-bond acceptors (Lipinski definition) is 1. The summed E-state index contributed by atoms with van der Waals surface area (Å²) < 4.78 is 0. The molecule has 0 N–H and O–H groups in total. The Morgan fingerprint density at radius 3 is 1.44 bits per heavy atom. The second kappa shape index (κ2) is 5.16. The minimum atomic E-state index is 0.699. The minimum Gasteiger partial charge on any atom is -0.152 e. The van der Waals surface area contributed by atoms with E-state index in [1.807, 2.05) is 11.8 Å². The molecule has 0 amide bonds. The zero-order chi connectivity index (χ0) is 7.28. The fourth-order valence-electron chi connectivity index (χ4n) is 0.360. The van der Waals surface area contributed by atoms with Crippen LogP contribution in [-0.4, -0.2) is 0 Å². The third-order valence-corrected chi connectivity index (χ3v) is 2.10. The molecule has 0 saturated heterocycles. The molecule has 0 heterocycles. The van der Waals surface area contributed by atoms with Crippen LogP contribution in [0, 0.1) is 23.3 Å². The highest BCUT2D eigenvalue weighted by Gasteiger charge is 1.97. The maximum atomic E-state index is 2.25. The van der Waals surface area contributed by atoms with Gasteiger partial charge in [-0.25, -0.2) is 0 Å². The van der Waals surface area contributed by atoms with Crippen LogP contribution in [0.5, 0.6) is 0 Å². The van der Waals surface area contributed by atoms with Gasteiger partial charge >= 0.3 is 0 Å². The van der Waals surface area contributed by atoms with Crippen molar-refractivity contribution < 1.29 is 0 Å². The first-order valence-electron chi connectivity index (χ1n) is 3.45. The van der Waals surface area contributed by atoms with Crippen molar-refractivity contribution in [1.82, 2.24) is 0 Å². The summed E-state index contributed by atoms with van der Waals surface area (Å²) in [5, 5.41) is 0. The van der Waals surface area contributed by atoms with E-state index in [1.54, 1.807) is 0 Å². The van der Waals surface area contributed by atoms with Crippen molar-refractivity contribution >= 4 is 11.8 Å². The van der Waals surface area contributed by atoms with Gasteiger partial charge in [-0.15, -0.1) is 0 Å². The minimum absolute atomic E-state index is 0.699. The Kier molecular flexibility index (Phi) is 5.36. The summed E-state index contributed by atoms with van der Waals surface area (Å²) in [4.78, 5) is 0. The van der Waals surface area contributed by atoms with Crippen LogP contribution in [-0.2, 0) is 0 Å². The van der Waals surface area contributed by atoms with Crippen molar-refractivity contribution in [3.63, 3.8) is 0 Å². The normalized spacial score (nSPS) is 11.3. The lowest BCUT2D eigenvalue weighted by molar-refractivity contribution is 0.798. The molecule has 0 atom stereocenters. The largest absolute Gasteiger partial charge is 0.152 e. The highest BCUT2D eigenvalue weighted by atomic mass is 32.2. The summed E-state index contributed by atoms with van der Waals surface area (Å²) in [6, 6.07) is 0. The number of thioether (sulfide) groups is 1. The van der Waals surface area contributed by atoms with Gasteiger partial charge in [0.15, 0.2) is 0 Å². The topological polar surface area (TPSA) is 0 Å². The highest BCUT2D eigenvalue weighted by Crippen LogP contribution is 2.20. The van der Waals surface area contributed by atoms with Crippen LogP contribution in [0.1, 0.15) is 27.7 Å². The molecule has 0 bridgehead atoms. The second-order valence-electron chi connectivity index (χ2n) is 2.90. The van der Waals surface area contributed by atoms with Gasteiger partial charge in [0.2, 0.25) is 0 Å². The van der Waals surface area contributed by atoms with E-state index in [-0.39, 0.29) is 0 Å². The maximum Gasteiger partial charge on any atom is 0.0195 e. The van der Waals surface area contributed by atoms with E-state index in [0.29, 0.717) is 11.8 Å². The SMILES string of the molecule is CC(C)[CH]S[CH]C(C)C. The van der Waals surface area contributed by atoms with Crippen LogP contribution < -0.4 is 0 Å². The van der Waals surface area contributed by atoms with Gasteiger partial charge in [0.25, 0.3) is 0 Å². The zero-order valence-electron chi connectivity index (χ0n) is 6.72. The first-order chi connectivity index (χ1) is 4.13. The molecule has 0 aliphatic heterocycles. The van der Waals surface area contributed by atoms with Gasteiger partial charge in [0, 0.05) is 11.5 Å². The fourth-order valence-corrected chi connectivity index (χ4v) is 1.08. The molecular formula is C8H16S. The fraction of sp³-hybridized carbons (Fsp3) is 0.750. The maximum absolute atomic E-state index is 2.25. The first kappa shape index (κ1) is 9.35. The lowest BCUT2D eigenvalue weighted by atomic mass is 10.3. The van der Waals surface area contributed by atoms with Crippen LogP contribution in [0.25, 0.3) is 0 Å². The Bertz CT molecular complexity index is 49.6. The molecule has 0 aliphatic carbocycles. The molecule has 0 aromatic rings. The van der Waals surface area contributed by atoms with E-state index in [0.717, 1.165) is 0 Å². The molecule has 1 heteroatoms. The lowest BCUT2D eigenvalue weighted by Gasteiger charge is -2.04. The average Bonchev–Trinajstić information content (AvgIpc) is 1.63. The summed E-state index contributed by atoms with van der Waals surface area (Å²) in [7, 11) is 0. The number of hydrogen-bond donors (Lipinski definition) is 0. The third-order valence-electron chi connectivity index (χ3n) is 0.701. The molecule has 0 fully saturated rings. The van der Waals surface area contributed by atoms with Crippen molar-refractivity contribution in [3.05, 3.63) is 11.5 Å². The average molecular weight is 144 g/mol. The quantitative estimate of drug-likeness (QED) is 0.583. The summed E-state index contributed by atoms with van der Waals surface area (Å²) in [6.45, 7) is 8.78. The predicted octanol–water partition coefficient (Wildman–Crippen LogP) is 3.36. The molecule has 0 aliphatic rings.